The van der Waals surface area contributed by atoms with Gasteiger partial charge < -0.3 is 9.73 Å². The van der Waals surface area contributed by atoms with Crippen LogP contribution in [0.15, 0.2) is 71.1 Å². The third-order valence-corrected chi connectivity index (χ3v) is 4.27. The normalized spacial score (nSPS) is 10.8. The number of non-ortho nitro benzene ring substituents is 1. The molecule has 0 bridgehead atoms. The van der Waals surface area contributed by atoms with E-state index in [1.165, 1.54) is 18.2 Å². The highest BCUT2D eigenvalue weighted by molar-refractivity contribution is 6.06. The van der Waals surface area contributed by atoms with Gasteiger partial charge in [-0.1, -0.05) is 29.8 Å². The monoisotopic (exact) mass is 373 g/mol. The third kappa shape index (κ3) is 3.33. The second-order valence-corrected chi connectivity index (χ2v) is 6.30. The highest BCUT2D eigenvalue weighted by atomic mass is 16.6. The van der Waals surface area contributed by atoms with E-state index in [0.717, 1.165) is 5.56 Å². The van der Waals surface area contributed by atoms with Crippen molar-refractivity contribution in [2.24, 2.45) is 0 Å². The first-order valence-corrected chi connectivity index (χ1v) is 8.54. The first kappa shape index (κ1) is 17.4. The Hall–Kier alpha value is -4.00. The predicted octanol–water partition coefficient (Wildman–Crippen LogP) is 4.96. The van der Waals surface area contributed by atoms with Gasteiger partial charge in [-0.15, -0.1) is 0 Å². The van der Waals surface area contributed by atoms with Crippen LogP contribution in [0, 0.1) is 17.0 Å². The number of oxazole rings is 1. The lowest BCUT2D eigenvalue weighted by Crippen LogP contribution is -2.12. The molecule has 1 aromatic heterocycles. The average molecular weight is 373 g/mol. The van der Waals surface area contributed by atoms with Crippen molar-refractivity contribution in [2.45, 2.75) is 6.92 Å². The fourth-order valence-corrected chi connectivity index (χ4v) is 2.90. The van der Waals surface area contributed by atoms with Crippen molar-refractivity contribution in [1.82, 2.24) is 4.98 Å². The molecule has 4 aromatic rings. The first-order chi connectivity index (χ1) is 13.5. The Balaban J connectivity index is 1.70. The molecule has 0 atom stereocenters. The molecule has 0 unspecified atom stereocenters. The van der Waals surface area contributed by atoms with Crippen molar-refractivity contribution in [3.05, 3.63) is 88.0 Å². The van der Waals surface area contributed by atoms with Crippen LogP contribution in [-0.4, -0.2) is 15.8 Å². The molecule has 4 rings (SSSR count). The maximum absolute atomic E-state index is 12.6. The number of nitro benzene ring substituents is 1. The molecule has 0 saturated heterocycles. The lowest BCUT2D eigenvalue weighted by Gasteiger charge is -2.09. The van der Waals surface area contributed by atoms with E-state index in [4.69, 9.17) is 4.42 Å². The Bertz CT molecular complexity index is 1210. The number of carbonyl (C=O) groups is 1. The number of carbonyl (C=O) groups excluding carboxylic acids is 1. The molecule has 0 aliphatic carbocycles. The molecule has 3 aromatic carbocycles. The summed E-state index contributed by atoms with van der Waals surface area (Å²) in [6.07, 6.45) is 0. The molecule has 0 aliphatic heterocycles. The predicted molar refractivity (Wildman–Crippen MR) is 105 cm³/mol. The number of nitrogens with zero attached hydrogens (tertiary/aromatic N) is 2. The van der Waals surface area contributed by atoms with E-state index < -0.39 is 4.92 Å². The highest BCUT2D eigenvalue weighted by Crippen LogP contribution is 2.31. The summed E-state index contributed by atoms with van der Waals surface area (Å²) in [5.41, 5.74) is 3.39. The fraction of sp³-hybridized carbons (Fsp3) is 0.0476. The first-order valence-electron chi connectivity index (χ1n) is 8.54. The van der Waals surface area contributed by atoms with Gasteiger partial charge in [0.15, 0.2) is 5.58 Å². The second-order valence-electron chi connectivity index (χ2n) is 6.30. The van der Waals surface area contributed by atoms with Crippen LogP contribution in [0.1, 0.15) is 15.9 Å². The van der Waals surface area contributed by atoms with Gasteiger partial charge in [0.05, 0.1) is 22.2 Å². The standard InChI is InChI=1S/C21H15N3O4/c1-13-5-4-6-14(11-13)20(25)22-17-8-3-2-7-16(17)21-23-18-10-9-15(24(26)27)12-19(18)28-21/h2-12H,1H3,(H,22,25). The number of nitro groups is 1. The van der Waals surface area contributed by atoms with Crippen molar-refractivity contribution in [1.29, 1.82) is 0 Å². The minimum atomic E-state index is -0.488. The number of para-hydroxylation sites is 1. The summed E-state index contributed by atoms with van der Waals surface area (Å²) in [4.78, 5) is 27.5. The van der Waals surface area contributed by atoms with Crippen molar-refractivity contribution < 1.29 is 14.1 Å². The van der Waals surface area contributed by atoms with Gasteiger partial charge in [0.25, 0.3) is 11.6 Å². The van der Waals surface area contributed by atoms with Gasteiger partial charge >= 0.3 is 0 Å². The van der Waals surface area contributed by atoms with E-state index in [1.54, 1.807) is 36.4 Å². The van der Waals surface area contributed by atoms with Crippen LogP contribution in [0.4, 0.5) is 11.4 Å². The van der Waals surface area contributed by atoms with E-state index in [-0.39, 0.29) is 17.5 Å². The molecule has 7 heteroatoms. The maximum Gasteiger partial charge on any atom is 0.273 e. The van der Waals surface area contributed by atoms with Crippen molar-refractivity contribution in [3.8, 4) is 11.5 Å². The van der Waals surface area contributed by atoms with Gasteiger partial charge in [-0.2, -0.15) is 0 Å². The fourth-order valence-electron chi connectivity index (χ4n) is 2.90. The summed E-state index contributed by atoms with van der Waals surface area (Å²) in [7, 11) is 0. The Morgan fingerprint density at radius 1 is 1.07 bits per heavy atom. The molecule has 0 saturated carbocycles. The number of amides is 1. The maximum atomic E-state index is 12.6. The van der Waals surface area contributed by atoms with Crippen LogP contribution in [0.25, 0.3) is 22.6 Å². The Morgan fingerprint density at radius 2 is 1.89 bits per heavy atom. The average Bonchev–Trinajstić information content (AvgIpc) is 3.11. The van der Waals surface area contributed by atoms with Gasteiger partial charge in [-0.05, 0) is 37.3 Å². The number of anilines is 1. The summed E-state index contributed by atoms with van der Waals surface area (Å²) in [5.74, 6) is 0.0264. The topological polar surface area (TPSA) is 98.3 Å². The summed E-state index contributed by atoms with van der Waals surface area (Å²) >= 11 is 0. The summed E-state index contributed by atoms with van der Waals surface area (Å²) in [6, 6.07) is 18.6. The highest BCUT2D eigenvalue weighted by Gasteiger charge is 2.16. The van der Waals surface area contributed by atoms with Crippen LogP contribution in [0.5, 0.6) is 0 Å². The largest absolute Gasteiger partial charge is 0.436 e. The molecule has 1 amide bonds. The number of fused-ring (bicyclic) bond motifs is 1. The number of aromatic nitrogens is 1. The SMILES string of the molecule is Cc1cccc(C(=O)Nc2ccccc2-c2nc3ccc([N+](=O)[O-])cc3o2)c1. The van der Waals surface area contributed by atoms with Crippen LogP contribution < -0.4 is 5.32 Å². The molecule has 0 aliphatic rings. The number of nitrogens with one attached hydrogen (secondary N) is 1. The Labute approximate surface area is 159 Å². The van der Waals surface area contributed by atoms with E-state index in [0.29, 0.717) is 27.9 Å². The number of hydrogen-bond donors (Lipinski definition) is 1. The molecular formula is C21H15N3O4. The summed E-state index contributed by atoms with van der Waals surface area (Å²) in [6.45, 7) is 1.92. The van der Waals surface area contributed by atoms with Crippen LogP contribution in [-0.2, 0) is 0 Å². The van der Waals surface area contributed by atoms with Gasteiger partial charge in [-0.25, -0.2) is 4.98 Å². The minimum Gasteiger partial charge on any atom is -0.436 e. The number of aryl methyl sites for hydroxylation is 1. The van der Waals surface area contributed by atoms with E-state index in [2.05, 4.69) is 10.3 Å². The van der Waals surface area contributed by atoms with Crippen molar-refractivity contribution >= 4 is 28.4 Å². The number of benzene rings is 3. The van der Waals surface area contributed by atoms with Crippen molar-refractivity contribution in [3.63, 3.8) is 0 Å². The molecule has 138 valence electrons. The third-order valence-electron chi connectivity index (χ3n) is 4.27. The summed E-state index contributed by atoms with van der Waals surface area (Å²) < 4.78 is 5.73. The number of rotatable bonds is 4. The molecule has 0 fully saturated rings. The van der Waals surface area contributed by atoms with Gasteiger partial charge in [-0.3, -0.25) is 14.9 Å². The van der Waals surface area contributed by atoms with Crippen LogP contribution in [0.3, 0.4) is 0 Å². The van der Waals surface area contributed by atoms with Crippen molar-refractivity contribution in [2.75, 3.05) is 5.32 Å². The Morgan fingerprint density at radius 3 is 2.68 bits per heavy atom. The molecule has 28 heavy (non-hydrogen) atoms. The lowest BCUT2D eigenvalue weighted by atomic mass is 10.1. The molecule has 0 radical (unpaired) electrons. The Kier molecular flexibility index (Phi) is 4.33. The van der Waals surface area contributed by atoms with Crippen LogP contribution >= 0.6 is 0 Å². The van der Waals surface area contributed by atoms with E-state index in [9.17, 15) is 14.9 Å². The van der Waals surface area contributed by atoms with E-state index >= 15 is 0 Å². The molecular weight excluding hydrogens is 358 g/mol. The quantitative estimate of drug-likeness (QED) is 0.402. The summed E-state index contributed by atoms with van der Waals surface area (Å²) in [5, 5.41) is 13.8. The molecule has 7 nitrogen and oxygen atoms in total. The zero-order chi connectivity index (χ0) is 19.7. The van der Waals surface area contributed by atoms with Gasteiger partial charge in [0, 0.05) is 11.6 Å². The van der Waals surface area contributed by atoms with Crippen LogP contribution in [0.2, 0.25) is 0 Å². The minimum absolute atomic E-state index is 0.0729. The smallest absolute Gasteiger partial charge is 0.273 e. The zero-order valence-corrected chi connectivity index (χ0v) is 14.9. The number of hydrogen-bond acceptors (Lipinski definition) is 5. The molecule has 1 heterocycles. The molecule has 1 N–H and O–H groups in total. The van der Waals surface area contributed by atoms with Gasteiger partial charge in [0.2, 0.25) is 5.89 Å². The van der Waals surface area contributed by atoms with E-state index in [1.807, 2.05) is 19.1 Å². The van der Waals surface area contributed by atoms with Gasteiger partial charge in [0.1, 0.15) is 5.52 Å². The molecule has 0 spiro atoms. The zero-order valence-electron chi connectivity index (χ0n) is 14.9. The second kappa shape index (κ2) is 6.96. The lowest BCUT2D eigenvalue weighted by molar-refractivity contribution is -0.384.